The second-order valence-corrected chi connectivity index (χ2v) is 6.43. The lowest BCUT2D eigenvalue weighted by Crippen LogP contribution is -2.47. The Bertz CT molecular complexity index is 833. The summed E-state index contributed by atoms with van der Waals surface area (Å²) in [6.07, 6.45) is 0.668. The van der Waals surface area contributed by atoms with Gasteiger partial charge in [0.25, 0.3) is 11.8 Å². The van der Waals surface area contributed by atoms with Crippen LogP contribution in [0.15, 0.2) is 48.5 Å². The molecule has 0 unspecified atom stereocenters. The normalized spacial score (nSPS) is 10.3. The highest BCUT2D eigenvalue weighted by molar-refractivity contribution is 5.98. The fourth-order valence-corrected chi connectivity index (χ4v) is 2.70. The molecule has 158 valence electrons. The second-order valence-electron chi connectivity index (χ2n) is 6.43. The Kier molecular flexibility index (Phi) is 8.10. The third-order valence-electron chi connectivity index (χ3n) is 4.32. The Balaban J connectivity index is 2.04. The molecule has 2 rings (SSSR count). The summed E-state index contributed by atoms with van der Waals surface area (Å²) < 4.78 is 9.27. The minimum atomic E-state index is -0.587. The maximum absolute atomic E-state index is 12.5. The lowest BCUT2D eigenvalue weighted by atomic mass is 10.1. The van der Waals surface area contributed by atoms with Gasteiger partial charge in [-0.3, -0.25) is 9.59 Å². The number of methoxy groups -OCH3 is 2. The molecule has 2 N–H and O–H groups in total. The minimum absolute atomic E-state index is 0.336. The van der Waals surface area contributed by atoms with Gasteiger partial charge in [-0.2, -0.15) is 0 Å². The smallest absolute Gasteiger partial charge is 0.337 e. The predicted octanol–water partition coefficient (Wildman–Crippen LogP) is 2.55. The second kappa shape index (κ2) is 10.8. The zero-order valence-corrected chi connectivity index (χ0v) is 17.1. The molecule has 0 fully saturated rings. The van der Waals surface area contributed by atoms with Crippen LogP contribution in [-0.4, -0.2) is 44.1 Å². The summed E-state index contributed by atoms with van der Waals surface area (Å²) in [5.74, 6) is -1.75. The van der Waals surface area contributed by atoms with Crippen molar-refractivity contribution in [2.24, 2.45) is 0 Å². The van der Waals surface area contributed by atoms with E-state index < -0.39 is 18.1 Å². The van der Waals surface area contributed by atoms with E-state index in [0.717, 1.165) is 6.42 Å². The first-order chi connectivity index (χ1) is 14.4. The fourth-order valence-electron chi connectivity index (χ4n) is 2.70. The number of hydrogen-bond donors (Lipinski definition) is 2. The lowest BCUT2D eigenvalue weighted by molar-refractivity contribution is 0.0592. The van der Waals surface area contributed by atoms with E-state index in [1.807, 2.05) is 6.92 Å². The predicted molar refractivity (Wildman–Crippen MR) is 109 cm³/mol. The quantitative estimate of drug-likeness (QED) is 0.509. The first kappa shape index (κ1) is 22.6. The van der Waals surface area contributed by atoms with Gasteiger partial charge in [-0.25, -0.2) is 9.59 Å². The third kappa shape index (κ3) is 5.91. The van der Waals surface area contributed by atoms with E-state index >= 15 is 0 Å². The van der Waals surface area contributed by atoms with Crippen LogP contribution in [0.4, 0.5) is 0 Å². The molecule has 0 aliphatic heterocycles. The Labute approximate surface area is 174 Å². The van der Waals surface area contributed by atoms with Crippen LogP contribution in [-0.2, 0) is 9.47 Å². The number of carbonyl (C=O) groups is 4. The number of benzene rings is 2. The van der Waals surface area contributed by atoms with E-state index in [1.165, 1.54) is 62.8 Å². The van der Waals surface area contributed by atoms with Crippen molar-refractivity contribution in [2.75, 3.05) is 14.2 Å². The van der Waals surface area contributed by atoms with Gasteiger partial charge in [0.1, 0.15) is 6.17 Å². The molecule has 0 radical (unpaired) electrons. The fraction of sp³-hybridized carbons (Fsp3) is 0.273. The Morgan fingerprint density at radius 1 is 0.700 bits per heavy atom. The van der Waals surface area contributed by atoms with Crippen molar-refractivity contribution < 1.29 is 28.7 Å². The molecular formula is C22H24N2O6. The van der Waals surface area contributed by atoms with Gasteiger partial charge < -0.3 is 20.1 Å². The Hall–Kier alpha value is -3.68. The van der Waals surface area contributed by atoms with Crippen LogP contribution in [0.1, 0.15) is 61.2 Å². The Morgan fingerprint density at radius 2 is 1.03 bits per heavy atom. The highest BCUT2D eigenvalue weighted by Crippen LogP contribution is 2.09. The molecule has 0 bridgehead atoms. The number of amides is 2. The van der Waals surface area contributed by atoms with E-state index in [4.69, 9.17) is 0 Å². The van der Waals surface area contributed by atoms with E-state index in [2.05, 4.69) is 20.1 Å². The highest BCUT2D eigenvalue weighted by Gasteiger charge is 2.17. The van der Waals surface area contributed by atoms with Crippen molar-refractivity contribution in [2.45, 2.75) is 25.9 Å². The molecule has 0 saturated heterocycles. The van der Waals surface area contributed by atoms with Gasteiger partial charge in [-0.05, 0) is 55.0 Å². The molecule has 0 aliphatic carbocycles. The van der Waals surface area contributed by atoms with Crippen molar-refractivity contribution in [1.82, 2.24) is 10.6 Å². The van der Waals surface area contributed by atoms with Crippen LogP contribution >= 0.6 is 0 Å². The number of esters is 2. The lowest BCUT2D eigenvalue weighted by Gasteiger charge is -2.20. The van der Waals surface area contributed by atoms with Crippen LogP contribution < -0.4 is 10.6 Å². The van der Waals surface area contributed by atoms with Crippen LogP contribution in [0.5, 0.6) is 0 Å². The number of hydrogen-bond acceptors (Lipinski definition) is 6. The van der Waals surface area contributed by atoms with Crippen LogP contribution in [0.3, 0.4) is 0 Å². The first-order valence-electron chi connectivity index (χ1n) is 9.38. The summed E-state index contributed by atoms with van der Waals surface area (Å²) >= 11 is 0. The molecule has 8 heteroatoms. The SMILES string of the molecule is CCCC(NC(=O)c1ccc(C(=O)OC)cc1)NC(=O)c1ccc(C(=O)OC)cc1. The van der Waals surface area contributed by atoms with Crippen molar-refractivity contribution in [3.63, 3.8) is 0 Å². The molecule has 0 saturated carbocycles. The number of rotatable bonds is 8. The summed E-state index contributed by atoms with van der Waals surface area (Å²) in [6, 6.07) is 12.0. The molecule has 0 aliphatic rings. The van der Waals surface area contributed by atoms with Gasteiger partial charge in [0.15, 0.2) is 0 Å². The van der Waals surface area contributed by atoms with Crippen LogP contribution in [0, 0.1) is 0 Å². The summed E-state index contributed by atoms with van der Waals surface area (Å²) in [5, 5.41) is 5.55. The molecule has 8 nitrogen and oxygen atoms in total. The summed E-state index contributed by atoms with van der Waals surface area (Å²) in [7, 11) is 2.56. The molecule has 0 heterocycles. The average molecular weight is 412 g/mol. The largest absolute Gasteiger partial charge is 0.465 e. The van der Waals surface area contributed by atoms with Gasteiger partial charge in [-0.1, -0.05) is 13.3 Å². The van der Waals surface area contributed by atoms with Gasteiger partial charge in [-0.15, -0.1) is 0 Å². The number of nitrogens with one attached hydrogen (secondary N) is 2. The van der Waals surface area contributed by atoms with Crippen molar-refractivity contribution in [1.29, 1.82) is 0 Å². The maximum Gasteiger partial charge on any atom is 0.337 e. The van der Waals surface area contributed by atoms with E-state index in [9.17, 15) is 19.2 Å². The summed E-state index contributed by atoms with van der Waals surface area (Å²) in [5.41, 5.74) is 1.37. The molecule has 0 spiro atoms. The minimum Gasteiger partial charge on any atom is -0.465 e. The van der Waals surface area contributed by atoms with Gasteiger partial charge in [0.05, 0.1) is 25.3 Å². The molecule has 30 heavy (non-hydrogen) atoms. The molecule has 0 aromatic heterocycles. The van der Waals surface area contributed by atoms with Gasteiger partial charge in [0.2, 0.25) is 0 Å². The first-order valence-corrected chi connectivity index (χ1v) is 9.38. The summed E-state index contributed by atoms with van der Waals surface area (Å²) in [4.78, 5) is 48.0. The van der Waals surface area contributed by atoms with E-state index in [1.54, 1.807) is 0 Å². The van der Waals surface area contributed by atoms with Crippen molar-refractivity contribution in [3.05, 3.63) is 70.8 Å². The molecule has 0 atom stereocenters. The van der Waals surface area contributed by atoms with E-state index in [-0.39, 0.29) is 11.8 Å². The monoisotopic (exact) mass is 412 g/mol. The zero-order chi connectivity index (χ0) is 22.1. The molecule has 2 amide bonds. The highest BCUT2D eigenvalue weighted by atomic mass is 16.5. The topological polar surface area (TPSA) is 111 Å². The summed E-state index contributed by atoms with van der Waals surface area (Å²) in [6.45, 7) is 1.93. The average Bonchev–Trinajstić information content (AvgIpc) is 2.78. The Morgan fingerprint density at radius 3 is 1.33 bits per heavy atom. The molecule has 2 aromatic rings. The van der Waals surface area contributed by atoms with Gasteiger partial charge >= 0.3 is 11.9 Å². The molecule has 2 aromatic carbocycles. The third-order valence-corrected chi connectivity index (χ3v) is 4.32. The van der Waals surface area contributed by atoms with Gasteiger partial charge in [0, 0.05) is 11.1 Å². The van der Waals surface area contributed by atoms with Crippen LogP contribution in [0.25, 0.3) is 0 Å². The molecular weight excluding hydrogens is 388 g/mol. The number of ether oxygens (including phenoxy) is 2. The van der Waals surface area contributed by atoms with E-state index in [0.29, 0.717) is 28.7 Å². The van der Waals surface area contributed by atoms with Crippen molar-refractivity contribution in [3.8, 4) is 0 Å². The number of carbonyl (C=O) groups excluding carboxylic acids is 4. The van der Waals surface area contributed by atoms with Crippen LogP contribution in [0.2, 0.25) is 0 Å². The standard InChI is InChI=1S/C22H24N2O6/c1-4-5-18(23-19(25)14-6-10-16(11-7-14)21(27)29-2)24-20(26)15-8-12-17(13-9-15)22(28)30-3/h6-13,18H,4-5H2,1-3H3,(H,23,25)(H,24,26). The maximum atomic E-state index is 12.5. The van der Waals surface area contributed by atoms with Crippen molar-refractivity contribution >= 4 is 23.8 Å². The zero-order valence-electron chi connectivity index (χ0n) is 17.1.